The summed E-state index contributed by atoms with van der Waals surface area (Å²) in [6.07, 6.45) is -14.3. The maximum Gasteiger partial charge on any atom is 0.428 e. The minimum absolute atomic E-state index is 0.00899. The molecule has 1 aromatic carbocycles. The first-order valence-electron chi connectivity index (χ1n) is 15.8. The summed E-state index contributed by atoms with van der Waals surface area (Å²) >= 11 is 0. The van der Waals surface area contributed by atoms with E-state index in [0.717, 1.165) is 0 Å². The van der Waals surface area contributed by atoms with E-state index in [-0.39, 0.29) is 30.4 Å². The standard InChI is InChI=1S/C33H40F6N4O9/c1-19(44)12-11-15-48-18-31(33(37,38)39,49-17-20-13-9-8-10-14-20)26-42-41-25(50-26)23-22(16-21(24(45)40-23)32(34,35)36)43(27(46)51-29(2,3)4)28(47)52-30(5,6)7/h8-10,13-14,16,19,44H,11-12,15,17-18H2,1-7H3,(H,40,45)/t19-,31?/m0/s1. The van der Waals surface area contributed by atoms with Crippen LogP contribution in [0.1, 0.15) is 78.3 Å². The summed E-state index contributed by atoms with van der Waals surface area (Å²) in [4.78, 5) is 41.4. The molecule has 0 saturated carbocycles. The number of nitrogens with one attached hydrogen (secondary N) is 1. The largest absolute Gasteiger partial charge is 0.443 e. The second-order valence-electron chi connectivity index (χ2n) is 13.6. The molecule has 19 heteroatoms. The molecule has 0 radical (unpaired) electrons. The van der Waals surface area contributed by atoms with Gasteiger partial charge in [0.2, 0.25) is 0 Å². The number of aromatic nitrogens is 3. The molecule has 0 aliphatic carbocycles. The first-order chi connectivity index (χ1) is 23.8. The van der Waals surface area contributed by atoms with E-state index in [4.69, 9.17) is 23.4 Å². The Morgan fingerprint density at radius 3 is 2.02 bits per heavy atom. The summed E-state index contributed by atoms with van der Waals surface area (Å²) in [5, 5.41) is 16.6. The molecule has 0 bridgehead atoms. The highest BCUT2D eigenvalue weighted by Crippen LogP contribution is 2.44. The van der Waals surface area contributed by atoms with Gasteiger partial charge in [-0.3, -0.25) is 4.79 Å². The number of rotatable bonds is 12. The average molecular weight is 751 g/mol. The van der Waals surface area contributed by atoms with Crippen molar-refractivity contribution in [1.29, 1.82) is 0 Å². The van der Waals surface area contributed by atoms with Crippen molar-refractivity contribution in [1.82, 2.24) is 15.2 Å². The number of alkyl halides is 6. The zero-order valence-electron chi connectivity index (χ0n) is 29.4. The number of hydrogen-bond acceptors (Lipinski definition) is 11. The van der Waals surface area contributed by atoms with Gasteiger partial charge < -0.3 is 33.5 Å². The number of hydrogen-bond donors (Lipinski definition) is 2. The van der Waals surface area contributed by atoms with E-state index in [2.05, 4.69) is 10.2 Å². The first kappa shape index (κ1) is 41.9. The van der Waals surface area contributed by atoms with Crippen molar-refractivity contribution in [3.8, 4) is 11.6 Å². The maximum atomic E-state index is 15.1. The molecule has 1 unspecified atom stereocenters. The van der Waals surface area contributed by atoms with Gasteiger partial charge >= 0.3 is 24.5 Å². The summed E-state index contributed by atoms with van der Waals surface area (Å²) in [5.74, 6) is -2.35. The Balaban J connectivity index is 2.28. The molecular weight excluding hydrogens is 710 g/mol. The fraction of sp³-hybridized carbons (Fsp3) is 0.545. The first-order valence-corrected chi connectivity index (χ1v) is 15.8. The second-order valence-corrected chi connectivity index (χ2v) is 13.6. The van der Waals surface area contributed by atoms with Crippen LogP contribution in [-0.2, 0) is 37.3 Å². The molecule has 2 atom stereocenters. The topological polar surface area (TPSA) is 166 Å². The third-order valence-electron chi connectivity index (χ3n) is 6.70. The smallest absolute Gasteiger partial charge is 0.428 e. The lowest BCUT2D eigenvalue weighted by Crippen LogP contribution is -2.49. The van der Waals surface area contributed by atoms with Gasteiger partial charge in [0, 0.05) is 6.61 Å². The van der Waals surface area contributed by atoms with Gasteiger partial charge in [-0.05, 0) is 72.9 Å². The number of H-pyrrole nitrogens is 1. The molecule has 3 aromatic rings. The Kier molecular flexibility index (Phi) is 12.9. The van der Waals surface area contributed by atoms with Crippen molar-refractivity contribution in [3.05, 3.63) is 63.8 Å². The van der Waals surface area contributed by atoms with E-state index in [1.807, 2.05) is 4.98 Å². The molecule has 2 aromatic heterocycles. The van der Waals surface area contributed by atoms with Gasteiger partial charge in [0.1, 0.15) is 22.5 Å². The number of halogens is 6. The molecule has 2 heterocycles. The number of amides is 2. The molecule has 0 aliphatic rings. The van der Waals surface area contributed by atoms with Crippen LogP contribution in [0, 0.1) is 0 Å². The molecular formula is C33H40F6N4O9. The molecule has 0 fully saturated rings. The Morgan fingerprint density at radius 2 is 1.52 bits per heavy atom. The third kappa shape index (κ3) is 11.0. The summed E-state index contributed by atoms with van der Waals surface area (Å²) in [7, 11) is 0. The van der Waals surface area contributed by atoms with Crippen molar-refractivity contribution in [2.24, 2.45) is 0 Å². The number of carbonyl (C=O) groups excluding carboxylic acids is 2. The average Bonchev–Trinajstić information content (AvgIpc) is 3.47. The minimum Gasteiger partial charge on any atom is -0.443 e. The van der Waals surface area contributed by atoms with Crippen LogP contribution >= 0.6 is 0 Å². The molecule has 13 nitrogen and oxygen atoms in total. The molecule has 0 spiro atoms. The van der Waals surface area contributed by atoms with Gasteiger partial charge in [0.25, 0.3) is 22.9 Å². The van der Waals surface area contributed by atoms with E-state index in [0.29, 0.717) is 5.56 Å². The van der Waals surface area contributed by atoms with Crippen molar-refractivity contribution in [3.63, 3.8) is 0 Å². The number of carbonyl (C=O) groups is 2. The number of benzene rings is 1. The van der Waals surface area contributed by atoms with Crippen LogP contribution in [0.25, 0.3) is 11.6 Å². The maximum absolute atomic E-state index is 15.1. The van der Waals surface area contributed by atoms with E-state index < -0.39 is 94.9 Å². The SMILES string of the molecule is C[C@H](O)CCCOCC(OCc1ccccc1)(c1nnc(-c2[nH]c(=O)c(C(F)(F)F)cc2N(C(=O)OC(C)(C)C)C(=O)OC(C)(C)C)o1)C(F)(F)F. The van der Waals surface area contributed by atoms with Gasteiger partial charge in [0.05, 0.1) is 25.0 Å². The van der Waals surface area contributed by atoms with Crippen LogP contribution in [0.3, 0.4) is 0 Å². The number of nitrogens with zero attached hydrogens (tertiary/aromatic N) is 3. The minimum atomic E-state index is -5.35. The van der Waals surface area contributed by atoms with Gasteiger partial charge in [-0.1, -0.05) is 30.3 Å². The molecule has 0 aliphatic heterocycles. The van der Waals surface area contributed by atoms with Crippen LogP contribution in [0.5, 0.6) is 0 Å². The Morgan fingerprint density at radius 1 is 0.942 bits per heavy atom. The van der Waals surface area contributed by atoms with Crippen LogP contribution in [0.2, 0.25) is 0 Å². The van der Waals surface area contributed by atoms with Gasteiger partial charge in [-0.15, -0.1) is 10.2 Å². The fourth-order valence-corrected chi connectivity index (χ4v) is 4.37. The molecule has 2 N–H and O–H groups in total. The Bertz CT molecular complexity index is 1700. The third-order valence-corrected chi connectivity index (χ3v) is 6.70. The van der Waals surface area contributed by atoms with Crippen molar-refractivity contribution in [2.45, 2.75) is 103 Å². The highest BCUT2D eigenvalue weighted by atomic mass is 19.4. The van der Waals surface area contributed by atoms with E-state index in [1.165, 1.54) is 60.6 Å². The van der Waals surface area contributed by atoms with Crippen LogP contribution in [0.15, 0.2) is 45.6 Å². The zero-order chi connectivity index (χ0) is 39.3. The lowest BCUT2D eigenvalue weighted by Gasteiger charge is -2.32. The van der Waals surface area contributed by atoms with E-state index in [9.17, 15) is 32.7 Å². The van der Waals surface area contributed by atoms with Crippen molar-refractivity contribution in [2.75, 3.05) is 18.1 Å². The van der Waals surface area contributed by atoms with Crippen LogP contribution < -0.4 is 10.5 Å². The zero-order valence-corrected chi connectivity index (χ0v) is 29.4. The van der Waals surface area contributed by atoms with Crippen LogP contribution in [0.4, 0.5) is 41.6 Å². The van der Waals surface area contributed by atoms with Gasteiger partial charge in [0.15, 0.2) is 0 Å². The molecule has 0 saturated heterocycles. The number of aromatic amines is 1. The number of pyridine rings is 1. The van der Waals surface area contributed by atoms with Crippen molar-refractivity contribution >= 4 is 17.9 Å². The van der Waals surface area contributed by atoms with E-state index in [1.54, 1.807) is 18.2 Å². The summed E-state index contributed by atoms with van der Waals surface area (Å²) < 4.78 is 114. The van der Waals surface area contributed by atoms with Gasteiger partial charge in [-0.2, -0.15) is 31.2 Å². The monoisotopic (exact) mass is 750 g/mol. The number of imide groups is 1. The lowest BCUT2D eigenvalue weighted by molar-refractivity contribution is -0.311. The van der Waals surface area contributed by atoms with Crippen LogP contribution in [-0.4, -0.2) is 69.2 Å². The quantitative estimate of drug-likeness (QED) is 0.141. The molecule has 2 amide bonds. The summed E-state index contributed by atoms with van der Waals surface area (Å²) in [6.45, 7) is 7.60. The fourth-order valence-electron chi connectivity index (χ4n) is 4.37. The number of ether oxygens (including phenoxy) is 4. The number of aliphatic hydroxyl groups excluding tert-OH is 1. The van der Waals surface area contributed by atoms with Gasteiger partial charge in [-0.25, -0.2) is 9.59 Å². The Labute approximate surface area is 294 Å². The predicted molar refractivity (Wildman–Crippen MR) is 171 cm³/mol. The van der Waals surface area contributed by atoms with E-state index >= 15 is 13.2 Å². The Hall–Kier alpha value is -4.49. The highest BCUT2D eigenvalue weighted by Gasteiger charge is 2.62. The lowest BCUT2D eigenvalue weighted by atomic mass is 10.0. The van der Waals surface area contributed by atoms with Crippen molar-refractivity contribution < 1.29 is 64.4 Å². The second kappa shape index (κ2) is 16.0. The summed E-state index contributed by atoms with van der Waals surface area (Å²) in [6, 6.07) is 7.77. The molecule has 52 heavy (non-hydrogen) atoms. The normalized spacial score (nSPS) is 14.4. The molecule has 288 valence electrons. The summed E-state index contributed by atoms with van der Waals surface area (Å²) in [5.41, 5.74) is -11.6. The number of anilines is 1. The molecule has 3 rings (SSSR count). The number of aliphatic hydroxyl groups is 1. The highest BCUT2D eigenvalue weighted by molar-refractivity contribution is 6.11. The predicted octanol–water partition coefficient (Wildman–Crippen LogP) is 7.27.